The highest BCUT2D eigenvalue weighted by Crippen LogP contribution is 2.28. The van der Waals surface area contributed by atoms with Crippen molar-refractivity contribution >= 4 is 26.0 Å². The van der Waals surface area contributed by atoms with Crippen LogP contribution in [0.1, 0.15) is 29.5 Å². The highest BCUT2D eigenvalue weighted by molar-refractivity contribution is 9.10. The molecule has 0 aromatic heterocycles. The summed E-state index contributed by atoms with van der Waals surface area (Å²) in [6.07, 6.45) is 0.708. The third kappa shape index (κ3) is 4.15. The molecule has 0 amide bonds. The van der Waals surface area contributed by atoms with Gasteiger partial charge in [0.25, 0.3) is 10.1 Å². The van der Waals surface area contributed by atoms with Crippen LogP contribution in [-0.4, -0.2) is 13.0 Å². The Bertz CT molecular complexity index is 737. The van der Waals surface area contributed by atoms with Crippen molar-refractivity contribution in [1.29, 1.82) is 0 Å². The average molecular weight is 369 g/mol. The van der Waals surface area contributed by atoms with Crippen LogP contribution in [0.2, 0.25) is 0 Å². The Labute approximate surface area is 133 Å². The fraction of sp³-hybridized carbons (Fsp3) is 0.250. The molecule has 5 heteroatoms. The second-order valence-corrected chi connectivity index (χ2v) is 7.55. The van der Waals surface area contributed by atoms with Crippen molar-refractivity contribution in [3.63, 3.8) is 0 Å². The summed E-state index contributed by atoms with van der Waals surface area (Å²) in [5.41, 5.74) is 2.74. The van der Waals surface area contributed by atoms with E-state index in [-0.39, 0.29) is 10.8 Å². The second-order valence-electron chi connectivity index (χ2n) is 5.25. The first kappa shape index (κ1) is 16.2. The van der Waals surface area contributed by atoms with Crippen molar-refractivity contribution < 1.29 is 13.0 Å². The van der Waals surface area contributed by atoms with Gasteiger partial charge in [-0.1, -0.05) is 52.7 Å². The van der Waals surface area contributed by atoms with Crippen molar-refractivity contribution in [3.05, 3.63) is 63.6 Å². The van der Waals surface area contributed by atoms with Gasteiger partial charge in [-0.2, -0.15) is 8.42 Å². The molecule has 1 atom stereocenters. The molecule has 0 aliphatic rings. The van der Waals surface area contributed by atoms with Gasteiger partial charge in [-0.15, -0.1) is 0 Å². The highest BCUT2D eigenvalue weighted by atomic mass is 79.9. The number of hydrogen-bond acceptors (Lipinski definition) is 2. The lowest BCUT2D eigenvalue weighted by atomic mass is 9.93. The van der Waals surface area contributed by atoms with Crippen LogP contribution in [0, 0.1) is 6.92 Å². The summed E-state index contributed by atoms with van der Waals surface area (Å²) >= 11 is 3.39. The topological polar surface area (TPSA) is 54.4 Å². The van der Waals surface area contributed by atoms with Gasteiger partial charge in [-0.3, -0.25) is 4.55 Å². The lowest BCUT2D eigenvalue weighted by Gasteiger charge is -2.16. The summed E-state index contributed by atoms with van der Waals surface area (Å²) in [5, 5.41) is 0. The lowest BCUT2D eigenvalue weighted by molar-refractivity contribution is 0.481. The molecule has 1 unspecified atom stereocenters. The van der Waals surface area contributed by atoms with Gasteiger partial charge in [0.15, 0.2) is 0 Å². The molecule has 0 fully saturated rings. The fourth-order valence-corrected chi connectivity index (χ4v) is 3.43. The number of aryl methyl sites for hydroxylation is 1. The van der Waals surface area contributed by atoms with Crippen LogP contribution < -0.4 is 0 Å². The maximum Gasteiger partial charge on any atom is 0.294 e. The molecule has 2 aromatic carbocycles. The Kier molecular flexibility index (Phi) is 4.86. The van der Waals surface area contributed by atoms with Gasteiger partial charge in [0.05, 0.1) is 4.90 Å². The largest absolute Gasteiger partial charge is 0.294 e. The van der Waals surface area contributed by atoms with Crippen LogP contribution in [0.25, 0.3) is 0 Å². The van der Waals surface area contributed by atoms with Gasteiger partial charge in [-0.25, -0.2) is 0 Å². The standard InChI is InChI=1S/C16H17BrO3S/c1-11-3-8-16(21(18,19)20)15(9-11)12(2)10-13-4-6-14(17)7-5-13/h3-9,12H,10H2,1-2H3,(H,18,19,20). The molecule has 2 aromatic rings. The number of hydrogen-bond donors (Lipinski definition) is 1. The van der Waals surface area contributed by atoms with Gasteiger partial charge in [0, 0.05) is 4.47 Å². The summed E-state index contributed by atoms with van der Waals surface area (Å²) in [6.45, 7) is 3.87. The number of halogens is 1. The SMILES string of the molecule is Cc1ccc(S(=O)(=O)O)c(C(C)Cc2ccc(Br)cc2)c1. The van der Waals surface area contributed by atoms with E-state index < -0.39 is 10.1 Å². The Hall–Kier alpha value is -1.17. The van der Waals surface area contributed by atoms with Crippen LogP contribution >= 0.6 is 15.9 Å². The van der Waals surface area contributed by atoms with Gasteiger partial charge in [0.1, 0.15) is 0 Å². The Balaban J connectivity index is 2.36. The van der Waals surface area contributed by atoms with Crippen molar-refractivity contribution in [1.82, 2.24) is 0 Å². The molecule has 0 saturated carbocycles. The Morgan fingerprint density at radius 2 is 1.76 bits per heavy atom. The third-order valence-electron chi connectivity index (χ3n) is 3.43. The zero-order chi connectivity index (χ0) is 15.6. The second kappa shape index (κ2) is 6.30. The number of rotatable bonds is 4. The van der Waals surface area contributed by atoms with Crippen LogP contribution in [0.4, 0.5) is 0 Å². The summed E-state index contributed by atoms with van der Waals surface area (Å²) in [4.78, 5) is -0.00212. The first-order valence-electron chi connectivity index (χ1n) is 6.60. The minimum Gasteiger partial charge on any atom is -0.282 e. The van der Waals surface area contributed by atoms with Gasteiger partial charge in [0.2, 0.25) is 0 Å². The predicted octanol–water partition coefficient (Wildman–Crippen LogP) is 4.35. The third-order valence-corrected chi connectivity index (χ3v) is 4.89. The monoisotopic (exact) mass is 368 g/mol. The molecule has 21 heavy (non-hydrogen) atoms. The first-order chi connectivity index (χ1) is 9.77. The van der Waals surface area contributed by atoms with Gasteiger partial charge < -0.3 is 0 Å². The zero-order valence-electron chi connectivity index (χ0n) is 11.9. The van der Waals surface area contributed by atoms with Crippen LogP contribution in [0.15, 0.2) is 51.8 Å². The molecule has 0 heterocycles. The smallest absolute Gasteiger partial charge is 0.282 e. The van der Waals surface area contributed by atoms with E-state index in [9.17, 15) is 13.0 Å². The zero-order valence-corrected chi connectivity index (χ0v) is 14.3. The van der Waals surface area contributed by atoms with E-state index in [2.05, 4.69) is 15.9 Å². The van der Waals surface area contributed by atoms with E-state index in [1.165, 1.54) is 6.07 Å². The molecule has 1 N–H and O–H groups in total. The molecule has 0 spiro atoms. The van der Waals surface area contributed by atoms with E-state index in [1.807, 2.05) is 44.2 Å². The molecule has 2 rings (SSSR count). The van der Waals surface area contributed by atoms with Crippen LogP contribution in [0.3, 0.4) is 0 Å². The normalized spacial score (nSPS) is 13.1. The minimum absolute atomic E-state index is 0.00212. The maximum atomic E-state index is 11.5. The van der Waals surface area contributed by atoms with Crippen molar-refractivity contribution in [2.24, 2.45) is 0 Å². The molecule has 0 aliphatic heterocycles. The maximum absolute atomic E-state index is 11.5. The van der Waals surface area contributed by atoms with E-state index in [0.29, 0.717) is 12.0 Å². The summed E-state index contributed by atoms with van der Waals surface area (Å²) in [5.74, 6) is -0.0111. The van der Waals surface area contributed by atoms with E-state index in [4.69, 9.17) is 0 Å². The fourth-order valence-electron chi connectivity index (χ4n) is 2.37. The van der Waals surface area contributed by atoms with Crippen molar-refractivity contribution in [3.8, 4) is 0 Å². The van der Waals surface area contributed by atoms with E-state index in [0.717, 1.165) is 15.6 Å². The van der Waals surface area contributed by atoms with E-state index in [1.54, 1.807) is 6.07 Å². The molecule has 112 valence electrons. The molecule has 0 radical (unpaired) electrons. The Morgan fingerprint density at radius 3 is 2.33 bits per heavy atom. The van der Waals surface area contributed by atoms with Crippen molar-refractivity contribution in [2.75, 3.05) is 0 Å². The summed E-state index contributed by atoms with van der Waals surface area (Å²) in [6, 6.07) is 12.9. The molecular weight excluding hydrogens is 352 g/mol. The molecule has 3 nitrogen and oxygen atoms in total. The summed E-state index contributed by atoms with van der Waals surface area (Å²) < 4.78 is 33.4. The molecule has 0 bridgehead atoms. The first-order valence-corrected chi connectivity index (χ1v) is 8.83. The predicted molar refractivity (Wildman–Crippen MR) is 87.3 cm³/mol. The molecular formula is C16H17BrO3S. The lowest BCUT2D eigenvalue weighted by Crippen LogP contribution is -2.08. The van der Waals surface area contributed by atoms with Crippen LogP contribution in [-0.2, 0) is 16.5 Å². The highest BCUT2D eigenvalue weighted by Gasteiger charge is 2.19. The Morgan fingerprint density at radius 1 is 1.14 bits per heavy atom. The van der Waals surface area contributed by atoms with Gasteiger partial charge >= 0.3 is 0 Å². The van der Waals surface area contributed by atoms with Gasteiger partial charge in [-0.05, 0) is 48.6 Å². The quantitative estimate of drug-likeness (QED) is 0.816. The van der Waals surface area contributed by atoms with E-state index >= 15 is 0 Å². The van der Waals surface area contributed by atoms with Crippen LogP contribution in [0.5, 0.6) is 0 Å². The molecule has 0 saturated heterocycles. The summed E-state index contributed by atoms with van der Waals surface area (Å²) in [7, 11) is -4.20. The number of benzene rings is 2. The molecule has 0 aliphatic carbocycles. The average Bonchev–Trinajstić information content (AvgIpc) is 2.40. The van der Waals surface area contributed by atoms with Crippen molar-refractivity contribution in [2.45, 2.75) is 31.1 Å². The minimum atomic E-state index is -4.20.